The van der Waals surface area contributed by atoms with Crippen LogP contribution in [0.4, 0.5) is 0 Å². The molecule has 1 heteroatoms. The smallest absolute Gasteiger partial charge is 0.0991 e. The zero-order valence-corrected chi connectivity index (χ0v) is 18.0. The number of unbranched alkanes of at least 4 members (excludes halogenated alkanes) is 2. The summed E-state index contributed by atoms with van der Waals surface area (Å²) in [4.78, 5) is 0. The quantitative estimate of drug-likeness (QED) is 0.468. The van der Waals surface area contributed by atoms with Crippen molar-refractivity contribution < 1.29 is 0 Å². The van der Waals surface area contributed by atoms with E-state index in [2.05, 4.69) is 49.4 Å². The number of hydrogen-bond donors (Lipinski definition) is 0. The van der Waals surface area contributed by atoms with Crippen molar-refractivity contribution in [1.82, 2.24) is 0 Å². The average Bonchev–Trinajstić information content (AvgIpc) is 2.79. The molecule has 0 amide bonds. The maximum absolute atomic E-state index is 9.12. The van der Waals surface area contributed by atoms with E-state index < -0.39 is 0 Å². The molecule has 0 bridgehead atoms. The fourth-order valence-corrected chi connectivity index (χ4v) is 5.62. The molecule has 0 aliphatic heterocycles. The number of hydrogen-bond acceptors (Lipinski definition) is 1. The van der Waals surface area contributed by atoms with E-state index in [0.29, 0.717) is 5.92 Å². The van der Waals surface area contributed by atoms with Crippen molar-refractivity contribution in [2.75, 3.05) is 0 Å². The number of nitrogens with zero attached hydrogens (tertiary/aromatic N) is 1. The Hall–Kier alpha value is -2.07. The zero-order chi connectivity index (χ0) is 20.1. The summed E-state index contributed by atoms with van der Waals surface area (Å²) in [5.41, 5.74) is 6.68. The van der Waals surface area contributed by atoms with Gasteiger partial charge in [0.2, 0.25) is 0 Å². The topological polar surface area (TPSA) is 23.8 Å². The summed E-state index contributed by atoms with van der Waals surface area (Å²) < 4.78 is 0. The lowest BCUT2D eigenvalue weighted by Crippen LogP contribution is -2.14. The summed E-state index contributed by atoms with van der Waals surface area (Å²) in [7, 11) is 0. The fourth-order valence-electron chi connectivity index (χ4n) is 5.62. The Kier molecular flexibility index (Phi) is 6.70. The summed E-state index contributed by atoms with van der Waals surface area (Å²) in [6.07, 6.45) is 14.7. The Morgan fingerprint density at radius 2 is 1.55 bits per heavy atom. The Labute approximate surface area is 177 Å². The second kappa shape index (κ2) is 9.62. The van der Waals surface area contributed by atoms with Gasteiger partial charge in [0.1, 0.15) is 0 Å². The van der Waals surface area contributed by atoms with Crippen LogP contribution in [-0.2, 0) is 12.8 Å². The molecule has 2 aromatic rings. The molecule has 0 aromatic heterocycles. The first-order chi connectivity index (χ1) is 14.3. The van der Waals surface area contributed by atoms with Crippen LogP contribution in [0.25, 0.3) is 0 Å². The van der Waals surface area contributed by atoms with Crippen LogP contribution in [0.5, 0.6) is 0 Å². The highest BCUT2D eigenvalue weighted by Crippen LogP contribution is 2.39. The van der Waals surface area contributed by atoms with Crippen LogP contribution in [0.1, 0.15) is 104 Å². The summed E-state index contributed by atoms with van der Waals surface area (Å²) in [6.45, 7) is 2.30. The lowest BCUT2D eigenvalue weighted by molar-refractivity contribution is 0.303. The largest absolute Gasteiger partial charge is 0.192 e. The zero-order valence-electron chi connectivity index (χ0n) is 18.0. The number of nitriles is 1. The van der Waals surface area contributed by atoms with Crippen LogP contribution in [0.3, 0.4) is 0 Å². The molecular weight excluding hydrogens is 350 g/mol. The Bertz CT molecular complexity index is 834. The summed E-state index contributed by atoms with van der Waals surface area (Å²) in [5.74, 6) is 2.39. The molecule has 1 nitrogen and oxygen atoms in total. The molecule has 0 spiro atoms. The van der Waals surface area contributed by atoms with Crippen LogP contribution < -0.4 is 0 Å². The highest BCUT2D eigenvalue weighted by Gasteiger charge is 2.23. The first-order valence-corrected chi connectivity index (χ1v) is 11.9. The van der Waals surface area contributed by atoms with Crippen molar-refractivity contribution in [1.29, 1.82) is 5.26 Å². The number of fused-ring (bicyclic) bond motifs is 1. The number of benzene rings is 2. The monoisotopic (exact) mass is 385 g/mol. The van der Waals surface area contributed by atoms with E-state index in [1.54, 1.807) is 5.56 Å². The fraction of sp³-hybridized carbons (Fsp3) is 0.536. The second-order valence-corrected chi connectivity index (χ2v) is 9.42. The molecule has 0 saturated heterocycles. The molecule has 1 atom stereocenters. The normalized spacial score (nSPS) is 23.9. The lowest BCUT2D eigenvalue weighted by atomic mass is 9.76. The standard InChI is InChI=1S/C28H35N/c1-2-3-4-5-21-6-9-23(10-7-21)24-12-14-25(15-13-24)27-17-16-26-18-22(20-29)8-11-28(26)19-27/h8,11-15,18,21,23,27H,2-7,9-10,16-17,19H2,1H3. The van der Waals surface area contributed by atoms with Crippen LogP contribution in [-0.4, -0.2) is 0 Å². The van der Waals surface area contributed by atoms with E-state index in [1.807, 2.05) is 6.07 Å². The average molecular weight is 386 g/mol. The van der Waals surface area contributed by atoms with Crippen molar-refractivity contribution in [3.05, 3.63) is 70.3 Å². The Morgan fingerprint density at radius 1 is 0.828 bits per heavy atom. The molecule has 0 radical (unpaired) electrons. The van der Waals surface area contributed by atoms with E-state index in [0.717, 1.165) is 30.2 Å². The highest BCUT2D eigenvalue weighted by molar-refractivity contribution is 5.41. The van der Waals surface area contributed by atoms with Crippen LogP contribution >= 0.6 is 0 Å². The van der Waals surface area contributed by atoms with Gasteiger partial charge in [0.25, 0.3) is 0 Å². The van der Waals surface area contributed by atoms with Gasteiger partial charge in [-0.25, -0.2) is 0 Å². The summed E-state index contributed by atoms with van der Waals surface area (Å²) in [6, 6.07) is 18.2. The molecule has 2 aliphatic rings. The van der Waals surface area contributed by atoms with Gasteiger partial charge in [-0.2, -0.15) is 5.26 Å². The molecule has 0 heterocycles. The van der Waals surface area contributed by atoms with Gasteiger partial charge in [0.05, 0.1) is 11.6 Å². The highest BCUT2D eigenvalue weighted by atomic mass is 14.3. The van der Waals surface area contributed by atoms with Gasteiger partial charge in [-0.3, -0.25) is 0 Å². The Balaban J connectivity index is 1.33. The first kappa shape index (κ1) is 20.2. The van der Waals surface area contributed by atoms with E-state index >= 15 is 0 Å². The van der Waals surface area contributed by atoms with Gasteiger partial charge in [-0.1, -0.05) is 62.9 Å². The number of aryl methyl sites for hydroxylation is 1. The van der Waals surface area contributed by atoms with Gasteiger partial charge in [0.15, 0.2) is 0 Å². The molecule has 1 fully saturated rings. The van der Waals surface area contributed by atoms with Gasteiger partial charge >= 0.3 is 0 Å². The second-order valence-electron chi connectivity index (χ2n) is 9.42. The molecular formula is C28H35N. The third-order valence-electron chi connectivity index (χ3n) is 7.51. The van der Waals surface area contributed by atoms with E-state index in [9.17, 15) is 0 Å². The summed E-state index contributed by atoms with van der Waals surface area (Å²) >= 11 is 0. The maximum Gasteiger partial charge on any atom is 0.0991 e. The number of rotatable bonds is 6. The van der Waals surface area contributed by atoms with Crippen LogP contribution in [0.2, 0.25) is 0 Å². The van der Waals surface area contributed by atoms with Crippen LogP contribution in [0, 0.1) is 17.2 Å². The van der Waals surface area contributed by atoms with Gasteiger partial charge in [0, 0.05) is 0 Å². The molecule has 0 N–H and O–H groups in total. The van der Waals surface area contributed by atoms with E-state index in [4.69, 9.17) is 5.26 Å². The van der Waals surface area contributed by atoms with Crippen LogP contribution in [0.15, 0.2) is 42.5 Å². The molecule has 29 heavy (non-hydrogen) atoms. The molecule has 1 unspecified atom stereocenters. The van der Waals surface area contributed by atoms with Gasteiger partial charge < -0.3 is 0 Å². The predicted octanol–water partition coefficient (Wildman–Crippen LogP) is 7.68. The maximum atomic E-state index is 9.12. The molecule has 4 rings (SSSR count). The minimum Gasteiger partial charge on any atom is -0.192 e. The van der Waals surface area contributed by atoms with Gasteiger partial charge in [-0.05, 0) is 97.1 Å². The molecule has 2 aliphatic carbocycles. The van der Waals surface area contributed by atoms with Crippen molar-refractivity contribution >= 4 is 0 Å². The lowest BCUT2D eigenvalue weighted by Gasteiger charge is -2.29. The van der Waals surface area contributed by atoms with Crippen molar-refractivity contribution in [2.45, 2.75) is 89.4 Å². The molecule has 1 saturated carbocycles. The predicted molar refractivity (Wildman–Crippen MR) is 121 cm³/mol. The molecule has 2 aromatic carbocycles. The van der Waals surface area contributed by atoms with E-state index in [1.165, 1.54) is 74.5 Å². The summed E-state index contributed by atoms with van der Waals surface area (Å²) in [5, 5.41) is 9.12. The minimum absolute atomic E-state index is 0.624. The van der Waals surface area contributed by atoms with Crippen molar-refractivity contribution in [3.8, 4) is 6.07 Å². The SMILES string of the molecule is CCCCCC1CCC(c2ccc(C3CCc4cc(C#N)ccc4C3)cc2)CC1. The minimum atomic E-state index is 0.624. The van der Waals surface area contributed by atoms with Crippen molar-refractivity contribution in [3.63, 3.8) is 0 Å². The third-order valence-corrected chi connectivity index (χ3v) is 7.51. The van der Waals surface area contributed by atoms with Crippen molar-refractivity contribution in [2.24, 2.45) is 5.92 Å². The van der Waals surface area contributed by atoms with E-state index in [-0.39, 0.29) is 0 Å². The first-order valence-electron chi connectivity index (χ1n) is 11.9. The molecule has 152 valence electrons. The Morgan fingerprint density at radius 3 is 2.24 bits per heavy atom. The van der Waals surface area contributed by atoms with Gasteiger partial charge in [-0.15, -0.1) is 0 Å². The third kappa shape index (κ3) is 4.92.